The van der Waals surface area contributed by atoms with E-state index in [1.165, 1.54) is 13.0 Å². The zero-order valence-corrected chi connectivity index (χ0v) is 9.47. The van der Waals surface area contributed by atoms with Gasteiger partial charge >= 0.3 is 0 Å². The first kappa shape index (κ1) is 12.0. The van der Waals surface area contributed by atoms with Crippen LogP contribution in [0.3, 0.4) is 0 Å². The highest BCUT2D eigenvalue weighted by atomic mass is 19.1. The van der Waals surface area contributed by atoms with Crippen LogP contribution in [0.15, 0.2) is 18.2 Å². The minimum absolute atomic E-state index is 0.103. The Bertz CT molecular complexity index is 440. The molecule has 1 aromatic rings. The van der Waals surface area contributed by atoms with Crippen molar-refractivity contribution in [1.29, 1.82) is 0 Å². The van der Waals surface area contributed by atoms with Gasteiger partial charge in [-0.25, -0.2) is 8.78 Å². The second-order valence-electron chi connectivity index (χ2n) is 4.50. The number of benzene rings is 1. The van der Waals surface area contributed by atoms with Gasteiger partial charge in [-0.15, -0.1) is 0 Å². The number of hydrogen-bond acceptors (Lipinski definition) is 2. The molecule has 0 aromatic heterocycles. The number of amides is 1. The highest BCUT2D eigenvalue weighted by Gasteiger charge is 2.42. The van der Waals surface area contributed by atoms with Gasteiger partial charge in [0, 0.05) is 6.04 Å². The molecule has 3 N–H and O–H groups in total. The number of primary amides is 1. The largest absolute Gasteiger partial charge is 0.368 e. The maximum Gasteiger partial charge on any atom is 0.242 e. The van der Waals surface area contributed by atoms with Crippen molar-refractivity contribution >= 4 is 5.91 Å². The van der Waals surface area contributed by atoms with E-state index < -0.39 is 23.1 Å². The normalized spacial score (nSPS) is 18.8. The molecule has 5 heteroatoms. The van der Waals surface area contributed by atoms with Crippen molar-refractivity contribution in [2.75, 3.05) is 0 Å². The molecule has 1 amide bonds. The van der Waals surface area contributed by atoms with E-state index in [-0.39, 0.29) is 11.6 Å². The summed E-state index contributed by atoms with van der Waals surface area (Å²) in [5.41, 5.74) is 3.47. The molecule has 1 atom stereocenters. The van der Waals surface area contributed by atoms with E-state index >= 15 is 0 Å². The zero-order chi connectivity index (χ0) is 12.6. The lowest BCUT2D eigenvalue weighted by atomic mass is 9.90. The Kier molecular flexibility index (Phi) is 2.87. The summed E-state index contributed by atoms with van der Waals surface area (Å²) in [7, 11) is 0. The molecule has 0 saturated heterocycles. The van der Waals surface area contributed by atoms with Crippen molar-refractivity contribution in [3.05, 3.63) is 35.4 Å². The summed E-state index contributed by atoms with van der Waals surface area (Å²) >= 11 is 0. The standard InChI is InChI=1S/C12H14F2N2O/c1-12(11(15)17,16-7-5-6-7)10-8(13)3-2-4-9(10)14/h2-4,7,16H,5-6H2,1H3,(H2,15,17). The first-order valence-electron chi connectivity index (χ1n) is 5.47. The third-order valence-corrected chi connectivity index (χ3v) is 3.03. The summed E-state index contributed by atoms with van der Waals surface area (Å²) in [6.07, 6.45) is 1.78. The van der Waals surface area contributed by atoms with Gasteiger partial charge in [-0.05, 0) is 31.9 Å². The van der Waals surface area contributed by atoms with Crippen molar-refractivity contribution in [2.45, 2.75) is 31.3 Å². The zero-order valence-electron chi connectivity index (χ0n) is 9.47. The van der Waals surface area contributed by atoms with Crippen LogP contribution in [0.5, 0.6) is 0 Å². The molecule has 1 unspecified atom stereocenters. The van der Waals surface area contributed by atoms with Gasteiger partial charge in [0.25, 0.3) is 0 Å². The Balaban J connectivity index is 2.47. The van der Waals surface area contributed by atoms with Gasteiger partial charge < -0.3 is 5.73 Å². The molecule has 1 aliphatic carbocycles. The maximum atomic E-state index is 13.7. The van der Waals surface area contributed by atoms with Crippen LogP contribution in [-0.4, -0.2) is 11.9 Å². The highest BCUT2D eigenvalue weighted by Crippen LogP contribution is 2.31. The third kappa shape index (κ3) is 2.15. The van der Waals surface area contributed by atoms with E-state index in [0.717, 1.165) is 25.0 Å². The summed E-state index contributed by atoms with van der Waals surface area (Å²) in [4.78, 5) is 11.5. The molecule has 3 nitrogen and oxygen atoms in total. The number of carbonyl (C=O) groups excluding carboxylic acids is 1. The fourth-order valence-corrected chi connectivity index (χ4v) is 1.88. The molecule has 0 heterocycles. The fourth-order valence-electron chi connectivity index (χ4n) is 1.88. The van der Waals surface area contributed by atoms with Crippen LogP contribution in [-0.2, 0) is 10.3 Å². The van der Waals surface area contributed by atoms with Crippen molar-refractivity contribution < 1.29 is 13.6 Å². The third-order valence-electron chi connectivity index (χ3n) is 3.03. The number of hydrogen-bond donors (Lipinski definition) is 2. The summed E-state index contributed by atoms with van der Waals surface area (Å²) in [6, 6.07) is 3.60. The average molecular weight is 240 g/mol. The summed E-state index contributed by atoms with van der Waals surface area (Å²) in [5.74, 6) is -2.31. The first-order valence-corrected chi connectivity index (χ1v) is 5.47. The lowest BCUT2D eigenvalue weighted by Crippen LogP contribution is -2.52. The van der Waals surface area contributed by atoms with Crippen LogP contribution in [0.2, 0.25) is 0 Å². The van der Waals surface area contributed by atoms with Crippen molar-refractivity contribution in [3.8, 4) is 0 Å². The first-order chi connectivity index (χ1) is 7.95. The Morgan fingerprint density at radius 1 is 1.41 bits per heavy atom. The van der Waals surface area contributed by atoms with E-state index in [9.17, 15) is 13.6 Å². The van der Waals surface area contributed by atoms with Crippen LogP contribution in [0.4, 0.5) is 8.78 Å². The lowest BCUT2D eigenvalue weighted by molar-refractivity contribution is -0.124. The van der Waals surface area contributed by atoms with Gasteiger partial charge in [-0.1, -0.05) is 6.07 Å². The molecule has 0 aliphatic heterocycles. The molecule has 1 aromatic carbocycles. The van der Waals surface area contributed by atoms with E-state index in [1.807, 2.05) is 0 Å². The molecule has 1 fully saturated rings. The average Bonchev–Trinajstić information content (AvgIpc) is 3.00. The lowest BCUT2D eigenvalue weighted by Gasteiger charge is -2.28. The Labute approximate surface area is 98.0 Å². The van der Waals surface area contributed by atoms with Crippen LogP contribution in [0.25, 0.3) is 0 Å². The summed E-state index contributed by atoms with van der Waals surface area (Å²) in [5, 5.41) is 2.91. The second-order valence-corrected chi connectivity index (χ2v) is 4.50. The smallest absolute Gasteiger partial charge is 0.242 e. The number of halogens is 2. The van der Waals surface area contributed by atoms with Crippen LogP contribution in [0.1, 0.15) is 25.3 Å². The van der Waals surface area contributed by atoms with E-state index in [2.05, 4.69) is 5.32 Å². The van der Waals surface area contributed by atoms with Gasteiger partial charge in [0.1, 0.15) is 17.2 Å². The number of nitrogens with one attached hydrogen (secondary N) is 1. The predicted octanol–water partition coefficient (Wildman–Crippen LogP) is 1.42. The van der Waals surface area contributed by atoms with Gasteiger partial charge in [-0.3, -0.25) is 10.1 Å². The van der Waals surface area contributed by atoms with Gasteiger partial charge in [0.15, 0.2) is 0 Å². The van der Waals surface area contributed by atoms with Crippen LogP contribution >= 0.6 is 0 Å². The van der Waals surface area contributed by atoms with E-state index in [4.69, 9.17) is 5.73 Å². The molecule has 17 heavy (non-hydrogen) atoms. The molecule has 0 bridgehead atoms. The molecule has 0 spiro atoms. The molecule has 2 rings (SSSR count). The van der Waals surface area contributed by atoms with E-state index in [0.29, 0.717) is 0 Å². The van der Waals surface area contributed by atoms with Crippen molar-refractivity contribution in [3.63, 3.8) is 0 Å². The monoisotopic (exact) mass is 240 g/mol. The predicted molar refractivity (Wildman–Crippen MR) is 59.1 cm³/mol. The highest BCUT2D eigenvalue weighted by molar-refractivity contribution is 5.86. The summed E-state index contributed by atoms with van der Waals surface area (Å²) < 4.78 is 27.4. The quantitative estimate of drug-likeness (QED) is 0.836. The van der Waals surface area contributed by atoms with Crippen LogP contribution in [0, 0.1) is 11.6 Å². The maximum absolute atomic E-state index is 13.7. The molecular weight excluding hydrogens is 226 g/mol. The minimum atomic E-state index is -1.50. The second kappa shape index (κ2) is 4.07. The molecule has 0 radical (unpaired) electrons. The fraction of sp³-hybridized carbons (Fsp3) is 0.417. The number of carbonyl (C=O) groups is 1. The van der Waals surface area contributed by atoms with Crippen molar-refractivity contribution in [2.24, 2.45) is 5.73 Å². The molecular formula is C12H14F2N2O. The van der Waals surface area contributed by atoms with Crippen LogP contribution < -0.4 is 11.1 Å². The van der Waals surface area contributed by atoms with Gasteiger partial charge in [-0.2, -0.15) is 0 Å². The topological polar surface area (TPSA) is 55.1 Å². The number of rotatable bonds is 4. The SMILES string of the molecule is CC(NC1CC1)(C(N)=O)c1c(F)cccc1F. The minimum Gasteiger partial charge on any atom is -0.368 e. The number of nitrogens with two attached hydrogens (primary N) is 1. The van der Waals surface area contributed by atoms with Crippen molar-refractivity contribution in [1.82, 2.24) is 5.32 Å². The Morgan fingerprint density at radius 2 is 1.94 bits per heavy atom. The molecule has 1 saturated carbocycles. The van der Waals surface area contributed by atoms with Gasteiger partial charge in [0.05, 0.1) is 5.56 Å². The summed E-state index contributed by atoms with van der Waals surface area (Å²) in [6.45, 7) is 1.41. The van der Waals surface area contributed by atoms with Gasteiger partial charge in [0.2, 0.25) is 5.91 Å². The van der Waals surface area contributed by atoms with E-state index in [1.54, 1.807) is 0 Å². The molecule has 92 valence electrons. The Hall–Kier alpha value is -1.49. The Morgan fingerprint density at radius 3 is 2.35 bits per heavy atom. The molecule has 1 aliphatic rings.